The van der Waals surface area contributed by atoms with E-state index in [1.807, 2.05) is 6.92 Å². The van der Waals surface area contributed by atoms with Crippen molar-refractivity contribution in [2.45, 2.75) is 6.92 Å². The molecule has 6 heteroatoms. The molecule has 1 heterocycles. The topological polar surface area (TPSA) is 79.8 Å². The van der Waals surface area contributed by atoms with Crippen LogP contribution < -0.4 is 5.73 Å². The number of hydrogen-bond donors (Lipinski definition) is 1. The lowest BCUT2D eigenvalue weighted by Gasteiger charge is -2.21. The molecule has 0 fully saturated rings. The summed E-state index contributed by atoms with van der Waals surface area (Å²) in [6.45, 7) is 2.28. The van der Waals surface area contributed by atoms with Crippen molar-refractivity contribution in [1.29, 1.82) is 0 Å². The molecule has 0 bridgehead atoms. The molecule has 0 saturated heterocycles. The normalized spacial score (nSPS) is 10.6. The van der Waals surface area contributed by atoms with Crippen LogP contribution in [0, 0.1) is 0 Å². The summed E-state index contributed by atoms with van der Waals surface area (Å²) in [4.78, 5) is 27.1. The minimum absolute atomic E-state index is 0.0293. The van der Waals surface area contributed by atoms with Crippen LogP contribution in [-0.4, -0.2) is 48.8 Å². The average molecular weight is 289 g/mol. The van der Waals surface area contributed by atoms with Crippen LogP contribution in [0.5, 0.6) is 0 Å². The first-order chi connectivity index (χ1) is 9.92. The number of furan rings is 1. The Morgan fingerprint density at radius 1 is 1.24 bits per heavy atom. The molecule has 1 aromatic heterocycles. The third-order valence-corrected chi connectivity index (χ3v) is 3.24. The van der Waals surface area contributed by atoms with Gasteiger partial charge in [0.1, 0.15) is 12.1 Å². The highest BCUT2D eigenvalue weighted by Crippen LogP contribution is 2.22. The molecule has 0 saturated carbocycles. The average Bonchev–Trinajstić information content (AvgIpc) is 2.86. The second kappa shape index (κ2) is 5.87. The summed E-state index contributed by atoms with van der Waals surface area (Å²) in [6.07, 6.45) is 0. The molecule has 2 N–H and O–H groups in total. The van der Waals surface area contributed by atoms with E-state index in [1.54, 1.807) is 38.4 Å². The molecule has 0 atom stereocenters. The number of fused-ring (bicyclic) bond motifs is 1. The predicted octanol–water partition coefficient (Wildman–Crippen LogP) is 1.57. The van der Waals surface area contributed by atoms with Crippen LogP contribution in [0.1, 0.15) is 17.5 Å². The molecule has 2 rings (SSSR count). The Balaban J connectivity index is 2.25. The van der Waals surface area contributed by atoms with E-state index >= 15 is 0 Å². The van der Waals surface area contributed by atoms with Gasteiger partial charge in [-0.15, -0.1) is 0 Å². The lowest BCUT2D eigenvalue weighted by atomic mass is 10.2. The number of hydrogen-bond acceptors (Lipinski definition) is 4. The van der Waals surface area contributed by atoms with Crippen molar-refractivity contribution < 1.29 is 14.0 Å². The zero-order valence-electron chi connectivity index (χ0n) is 12.4. The number of nitrogen functional groups attached to an aromatic ring is 1. The van der Waals surface area contributed by atoms with Crippen LogP contribution >= 0.6 is 0 Å². The molecule has 2 aromatic rings. The first-order valence-electron chi connectivity index (χ1n) is 6.71. The number of anilines is 1. The van der Waals surface area contributed by atoms with Gasteiger partial charge in [0.2, 0.25) is 5.91 Å². The van der Waals surface area contributed by atoms with Crippen LogP contribution in [0.3, 0.4) is 0 Å². The molecule has 0 aliphatic carbocycles. The standard InChI is InChI=1S/C15H19N3O3/c1-4-18(9-14(19)17(2)3)15(20)13-8-10-7-11(16)5-6-12(10)21-13/h5-8H,4,9,16H2,1-3H3. The van der Waals surface area contributed by atoms with Gasteiger partial charge in [0.25, 0.3) is 5.91 Å². The molecule has 0 unspecified atom stereocenters. The Hall–Kier alpha value is -2.50. The zero-order valence-corrected chi connectivity index (χ0v) is 12.4. The molecule has 112 valence electrons. The van der Waals surface area contributed by atoms with Crippen molar-refractivity contribution in [3.05, 3.63) is 30.0 Å². The number of likely N-dealkylation sites (N-methyl/N-ethyl adjacent to an activating group) is 2. The number of carbonyl (C=O) groups is 2. The lowest BCUT2D eigenvalue weighted by Crippen LogP contribution is -2.40. The van der Waals surface area contributed by atoms with E-state index in [0.717, 1.165) is 5.39 Å². The summed E-state index contributed by atoms with van der Waals surface area (Å²) in [5.74, 6) is -0.225. The second-order valence-corrected chi connectivity index (χ2v) is 5.02. The van der Waals surface area contributed by atoms with Crippen LogP contribution in [0.25, 0.3) is 11.0 Å². The van der Waals surface area contributed by atoms with Gasteiger partial charge in [-0.05, 0) is 31.2 Å². The predicted molar refractivity (Wildman–Crippen MR) is 80.9 cm³/mol. The van der Waals surface area contributed by atoms with Gasteiger partial charge >= 0.3 is 0 Å². The highest BCUT2D eigenvalue weighted by atomic mass is 16.3. The summed E-state index contributed by atoms with van der Waals surface area (Å²) in [7, 11) is 3.31. The third-order valence-electron chi connectivity index (χ3n) is 3.24. The number of carbonyl (C=O) groups excluding carboxylic acids is 2. The minimum Gasteiger partial charge on any atom is -0.451 e. The number of nitrogens with two attached hydrogens (primary N) is 1. The van der Waals surface area contributed by atoms with Gasteiger partial charge < -0.3 is 20.0 Å². The molecular formula is C15H19N3O3. The van der Waals surface area contributed by atoms with Gasteiger partial charge in [-0.3, -0.25) is 9.59 Å². The summed E-state index contributed by atoms with van der Waals surface area (Å²) in [5, 5.41) is 0.772. The number of benzene rings is 1. The SMILES string of the molecule is CCN(CC(=O)N(C)C)C(=O)c1cc2cc(N)ccc2o1. The van der Waals surface area contributed by atoms with E-state index in [0.29, 0.717) is 17.8 Å². The van der Waals surface area contributed by atoms with E-state index in [1.165, 1.54) is 9.80 Å². The van der Waals surface area contributed by atoms with E-state index in [4.69, 9.17) is 10.2 Å². The Bertz CT molecular complexity index is 676. The van der Waals surface area contributed by atoms with Crippen molar-refractivity contribution >= 4 is 28.5 Å². The van der Waals surface area contributed by atoms with Gasteiger partial charge in [-0.1, -0.05) is 0 Å². The summed E-state index contributed by atoms with van der Waals surface area (Å²) in [6, 6.07) is 6.84. The third kappa shape index (κ3) is 3.16. The summed E-state index contributed by atoms with van der Waals surface area (Å²) >= 11 is 0. The fourth-order valence-electron chi connectivity index (χ4n) is 1.95. The fourth-order valence-corrected chi connectivity index (χ4v) is 1.95. The van der Waals surface area contributed by atoms with Gasteiger partial charge in [-0.25, -0.2) is 0 Å². The Morgan fingerprint density at radius 2 is 1.95 bits per heavy atom. The highest BCUT2D eigenvalue weighted by Gasteiger charge is 2.21. The van der Waals surface area contributed by atoms with Gasteiger partial charge in [-0.2, -0.15) is 0 Å². The van der Waals surface area contributed by atoms with Crippen molar-refractivity contribution in [3.63, 3.8) is 0 Å². The Labute approximate surface area is 123 Å². The maximum absolute atomic E-state index is 12.4. The number of rotatable bonds is 4. The van der Waals surface area contributed by atoms with Crippen LogP contribution in [0.2, 0.25) is 0 Å². The maximum atomic E-state index is 12.4. The number of nitrogens with zero attached hydrogens (tertiary/aromatic N) is 2. The van der Waals surface area contributed by atoms with Crippen molar-refractivity contribution in [2.24, 2.45) is 0 Å². The lowest BCUT2D eigenvalue weighted by molar-refractivity contribution is -0.129. The van der Waals surface area contributed by atoms with Crippen LogP contribution in [0.4, 0.5) is 5.69 Å². The molecule has 2 amide bonds. The van der Waals surface area contributed by atoms with Crippen molar-refractivity contribution in [2.75, 3.05) is 32.9 Å². The van der Waals surface area contributed by atoms with Crippen molar-refractivity contribution in [3.8, 4) is 0 Å². The number of amides is 2. The molecule has 1 aromatic carbocycles. The minimum atomic E-state index is -0.303. The summed E-state index contributed by atoms with van der Waals surface area (Å²) in [5.41, 5.74) is 6.92. The fraction of sp³-hybridized carbons (Fsp3) is 0.333. The van der Waals surface area contributed by atoms with E-state index in [-0.39, 0.29) is 24.1 Å². The largest absolute Gasteiger partial charge is 0.451 e. The molecule has 0 radical (unpaired) electrons. The zero-order chi connectivity index (χ0) is 15.6. The van der Waals surface area contributed by atoms with Crippen LogP contribution in [0.15, 0.2) is 28.7 Å². The van der Waals surface area contributed by atoms with Gasteiger partial charge in [0.15, 0.2) is 5.76 Å². The van der Waals surface area contributed by atoms with Crippen LogP contribution in [-0.2, 0) is 4.79 Å². The van der Waals surface area contributed by atoms with Crippen molar-refractivity contribution in [1.82, 2.24) is 9.80 Å². The van der Waals surface area contributed by atoms with Gasteiger partial charge in [0, 0.05) is 31.7 Å². The molecule has 21 heavy (non-hydrogen) atoms. The molecule has 0 aliphatic heterocycles. The summed E-state index contributed by atoms with van der Waals surface area (Å²) < 4.78 is 5.54. The molecule has 0 spiro atoms. The monoisotopic (exact) mass is 289 g/mol. The highest BCUT2D eigenvalue weighted by molar-refractivity contribution is 5.98. The van der Waals surface area contributed by atoms with E-state index in [9.17, 15) is 9.59 Å². The molecule has 6 nitrogen and oxygen atoms in total. The van der Waals surface area contributed by atoms with Gasteiger partial charge in [0.05, 0.1) is 0 Å². The second-order valence-electron chi connectivity index (χ2n) is 5.02. The maximum Gasteiger partial charge on any atom is 0.290 e. The Morgan fingerprint density at radius 3 is 2.57 bits per heavy atom. The first kappa shape index (κ1) is 14.9. The van der Waals surface area contributed by atoms with E-state index < -0.39 is 0 Å². The Kier molecular flexibility index (Phi) is 4.16. The smallest absolute Gasteiger partial charge is 0.290 e. The van der Waals surface area contributed by atoms with E-state index in [2.05, 4.69) is 0 Å². The molecular weight excluding hydrogens is 270 g/mol. The first-order valence-corrected chi connectivity index (χ1v) is 6.71. The molecule has 0 aliphatic rings. The quantitative estimate of drug-likeness (QED) is 0.866.